The molecular formula is C10H13NO2S. The molecule has 1 fully saturated rings. The molecule has 0 amide bonds. The van der Waals surface area contributed by atoms with Crippen molar-refractivity contribution in [3.63, 3.8) is 0 Å². The number of rotatable bonds is 2. The molecule has 2 rings (SSSR count). The van der Waals surface area contributed by atoms with Gasteiger partial charge in [-0.25, -0.2) is 0 Å². The minimum absolute atomic E-state index is 0.208. The summed E-state index contributed by atoms with van der Waals surface area (Å²) in [5.74, 6) is 1.85. The molecule has 1 atom stereocenters. The first-order valence-electron chi connectivity index (χ1n) is 4.53. The summed E-state index contributed by atoms with van der Waals surface area (Å²) in [5.41, 5.74) is 1.10. The first kappa shape index (κ1) is 9.68. The quantitative estimate of drug-likeness (QED) is 0.782. The molecule has 1 aliphatic rings. The number of ether oxygens (including phenoxy) is 1. The molecule has 0 radical (unpaired) electrons. The van der Waals surface area contributed by atoms with Gasteiger partial charge in [0.25, 0.3) is 0 Å². The first-order valence-corrected chi connectivity index (χ1v) is 5.58. The maximum absolute atomic E-state index is 9.59. The average Bonchev–Trinajstić information content (AvgIpc) is 2.70. The largest absolute Gasteiger partial charge is 0.504 e. The molecule has 0 aromatic heterocycles. The van der Waals surface area contributed by atoms with Crippen LogP contribution in [0.15, 0.2) is 18.2 Å². The van der Waals surface area contributed by atoms with Crippen LogP contribution in [0, 0.1) is 0 Å². The zero-order chi connectivity index (χ0) is 9.97. The van der Waals surface area contributed by atoms with E-state index in [1.807, 2.05) is 17.8 Å². The highest BCUT2D eigenvalue weighted by atomic mass is 32.2. The van der Waals surface area contributed by atoms with Crippen molar-refractivity contribution in [3.8, 4) is 11.5 Å². The van der Waals surface area contributed by atoms with Crippen LogP contribution in [0.25, 0.3) is 0 Å². The highest BCUT2D eigenvalue weighted by molar-refractivity contribution is 7.99. The summed E-state index contributed by atoms with van der Waals surface area (Å²) in [5, 5.41) is 13.3. The molecule has 3 nitrogen and oxygen atoms in total. The van der Waals surface area contributed by atoms with Gasteiger partial charge >= 0.3 is 0 Å². The standard InChI is InChI=1S/C10H13NO2S/c1-13-9-3-2-7(6-8(9)12)10-11-4-5-14-10/h2-3,6,10-12H,4-5H2,1H3/t10-/m0/s1. The molecule has 1 aromatic carbocycles. The molecule has 14 heavy (non-hydrogen) atoms. The number of hydrogen-bond donors (Lipinski definition) is 2. The van der Waals surface area contributed by atoms with Crippen molar-refractivity contribution in [2.45, 2.75) is 5.37 Å². The summed E-state index contributed by atoms with van der Waals surface area (Å²) in [6, 6.07) is 5.54. The van der Waals surface area contributed by atoms with E-state index in [4.69, 9.17) is 4.74 Å². The van der Waals surface area contributed by atoms with E-state index < -0.39 is 0 Å². The number of nitrogens with one attached hydrogen (secondary N) is 1. The van der Waals surface area contributed by atoms with Crippen molar-refractivity contribution in [1.82, 2.24) is 5.32 Å². The minimum Gasteiger partial charge on any atom is -0.504 e. The van der Waals surface area contributed by atoms with Crippen LogP contribution in [-0.4, -0.2) is 24.5 Å². The van der Waals surface area contributed by atoms with Crippen LogP contribution in [-0.2, 0) is 0 Å². The summed E-state index contributed by atoms with van der Waals surface area (Å²) in [4.78, 5) is 0. The zero-order valence-corrected chi connectivity index (χ0v) is 8.80. The Kier molecular flexibility index (Phi) is 2.84. The second kappa shape index (κ2) is 4.11. The average molecular weight is 211 g/mol. The molecule has 0 aliphatic carbocycles. The van der Waals surface area contributed by atoms with Gasteiger partial charge in [-0.1, -0.05) is 6.07 Å². The van der Waals surface area contributed by atoms with Crippen LogP contribution in [0.2, 0.25) is 0 Å². The van der Waals surface area contributed by atoms with Crippen LogP contribution in [0.5, 0.6) is 11.5 Å². The zero-order valence-electron chi connectivity index (χ0n) is 7.99. The molecule has 1 aliphatic heterocycles. The van der Waals surface area contributed by atoms with Crippen LogP contribution in [0.1, 0.15) is 10.9 Å². The number of phenolic OH excluding ortho intramolecular Hbond substituents is 1. The van der Waals surface area contributed by atoms with E-state index in [-0.39, 0.29) is 5.75 Å². The lowest BCUT2D eigenvalue weighted by Gasteiger charge is -2.11. The lowest BCUT2D eigenvalue weighted by atomic mass is 10.2. The maximum atomic E-state index is 9.59. The van der Waals surface area contributed by atoms with Gasteiger partial charge in [-0.15, -0.1) is 11.8 Å². The molecular weight excluding hydrogens is 198 g/mol. The Morgan fingerprint density at radius 1 is 1.57 bits per heavy atom. The molecule has 0 bridgehead atoms. The van der Waals surface area contributed by atoms with Gasteiger partial charge in [0.15, 0.2) is 11.5 Å². The van der Waals surface area contributed by atoms with Gasteiger partial charge in [0.05, 0.1) is 12.5 Å². The van der Waals surface area contributed by atoms with Crippen LogP contribution in [0.4, 0.5) is 0 Å². The molecule has 76 valence electrons. The number of methoxy groups -OCH3 is 1. The minimum atomic E-state index is 0.208. The third kappa shape index (κ3) is 1.81. The van der Waals surface area contributed by atoms with Gasteiger partial charge in [-0.2, -0.15) is 0 Å². The number of hydrogen-bond acceptors (Lipinski definition) is 4. The number of aromatic hydroxyl groups is 1. The summed E-state index contributed by atoms with van der Waals surface area (Å²) in [6.07, 6.45) is 0. The summed E-state index contributed by atoms with van der Waals surface area (Å²) in [7, 11) is 1.55. The van der Waals surface area contributed by atoms with Gasteiger partial charge < -0.3 is 15.2 Å². The fourth-order valence-electron chi connectivity index (χ4n) is 1.51. The molecule has 0 spiro atoms. The van der Waals surface area contributed by atoms with E-state index in [0.29, 0.717) is 11.1 Å². The molecule has 1 aromatic rings. The van der Waals surface area contributed by atoms with Crippen LogP contribution < -0.4 is 10.1 Å². The Bertz CT molecular complexity index is 324. The van der Waals surface area contributed by atoms with Crippen LogP contribution in [0.3, 0.4) is 0 Å². The van der Waals surface area contributed by atoms with Gasteiger partial charge in [0.1, 0.15) is 0 Å². The Hall–Kier alpha value is -0.870. The maximum Gasteiger partial charge on any atom is 0.160 e. The third-order valence-electron chi connectivity index (χ3n) is 2.22. The van der Waals surface area contributed by atoms with E-state index in [9.17, 15) is 5.11 Å². The van der Waals surface area contributed by atoms with Crippen molar-refractivity contribution in [2.75, 3.05) is 19.4 Å². The van der Waals surface area contributed by atoms with Crippen molar-refractivity contribution in [2.24, 2.45) is 0 Å². The highest BCUT2D eigenvalue weighted by Gasteiger charge is 2.17. The van der Waals surface area contributed by atoms with E-state index in [2.05, 4.69) is 5.32 Å². The summed E-state index contributed by atoms with van der Waals surface area (Å²) < 4.78 is 4.99. The van der Waals surface area contributed by atoms with Crippen molar-refractivity contribution >= 4 is 11.8 Å². The predicted octanol–water partition coefficient (Wildman–Crippen LogP) is 1.74. The SMILES string of the molecule is COc1ccc([C@H]2NCCS2)cc1O. The van der Waals surface area contributed by atoms with Crippen molar-refractivity contribution < 1.29 is 9.84 Å². The highest BCUT2D eigenvalue weighted by Crippen LogP contribution is 2.34. The van der Waals surface area contributed by atoms with Gasteiger partial charge in [0.2, 0.25) is 0 Å². The topological polar surface area (TPSA) is 41.5 Å². The Morgan fingerprint density at radius 3 is 3.00 bits per heavy atom. The molecule has 0 unspecified atom stereocenters. The van der Waals surface area contributed by atoms with E-state index in [0.717, 1.165) is 17.9 Å². The van der Waals surface area contributed by atoms with E-state index in [1.54, 1.807) is 19.2 Å². The lowest BCUT2D eigenvalue weighted by molar-refractivity contribution is 0.373. The monoisotopic (exact) mass is 211 g/mol. The van der Waals surface area contributed by atoms with Crippen molar-refractivity contribution in [3.05, 3.63) is 23.8 Å². The first-order chi connectivity index (χ1) is 6.81. The molecule has 4 heteroatoms. The van der Waals surface area contributed by atoms with E-state index in [1.165, 1.54) is 0 Å². The molecule has 2 N–H and O–H groups in total. The number of benzene rings is 1. The second-order valence-corrected chi connectivity index (χ2v) is 4.35. The fraction of sp³-hybridized carbons (Fsp3) is 0.400. The molecule has 0 saturated carbocycles. The Labute approximate surface area is 87.5 Å². The predicted molar refractivity (Wildman–Crippen MR) is 57.9 cm³/mol. The number of phenols is 1. The normalized spacial score (nSPS) is 21.1. The third-order valence-corrected chi connectivity index (χ3v) is 3.43. The van der Waals surface area contributed by atoms with Crippen LogP contribution >= 0.6 is 11.8 Å². The summed E-state index contributed by atoms with van der Waals surface area (Å²) in [6.45, 7) is 1.03. The van der Waals surface area contributed by atoms with Crippen molar-refractivity contribution in [1.29, 1.82) is 0 Å². The van der Waals surface area contributed by atoms with Gasteiger partial charge in [-0.05, 0) is 17.7 Å². The fourth-order valence-corrected chi connectivity index (χ4v) is 2.56. The smallest absolute Gasteiger partial charge is 0.160 e. The lowest BCUT2D eigenvalue weighted by Crippen LogP contribution is -2.11. The molecule has 1 heterocycles. The second-order valence-electron chi connectivity index (χ2n) is 3.14. The Balaban J connectivity index is 2.23. The Morgan fingerprint density at radius 2 is 2.43 bits per heavy atom. The van der Waals surface area contributed by atoms with Gasteiger partial charge in [0, 0.05) is 12.3 Å². The van der Waals surface area contributed by atoms with Gasteiger partial charge in [-0.3, -0.25) is 0 Å². The van der Waals surface area contributed by atoms with E-state index >= 15 is 0 Å². The molecule has 1 saturated heterocycles. The summed E-state index contributed by atoms with van der Waals surface area (Å²) >= 11 is 1.85. The number of thioether (sulfide) groups is 1.